The first-order chi connectivity index (χ1) is 9.45. The average molecular weight is 305 g/mol. The molecule has 0 spiro atoms. The number of carbonyl (C=O) groups is 2. The molecule has 0 aromatic heterocycles. The van der Waals surface area contributed by atoms with E-state index in [2.05, 4.69) is 10.1 Å². The maximum Gasteiger partial charge on any atom is 0.336 e. The highest BCUT2D eigenvalue weighted by Gasteiger charge is 2.19. The molecule has 1 aromatic carbocycles. The number of thioether (sulfide) groups is 1. The molecule has 1 aromatic rings. The number of rotatable bonds is 6. The standard InChI is InChI=1S/C12H13F2NO4S/c1-19-11(18)8(16)6-15-10(17)7-4-2-3-5-9(7)20-12(13)14/h2-5,8,12,16H,6H2,1H3,(H,15,17). The molecule has 0 bridgehead atoms. The summed E-state index contributed by atoms with van der Waals surface area (Å²) in [4.78, 5) is 22.9. The van der Waals surface area contributed by atoms with E-state index in [0.29, 0.717) is 0 Å². The molecule has 0 aliphatic rings. The lowest BCUT2D eigenvalue weighted by molar-refractivity contribution is -0.149. The minimum absolute atomic E-state index is 0.0508. The smallest absolute Gasteiger partial charge is 0.336 e. The lowest BCUT2D eigenvalue weighted by Crippen LogP contribution is -2.37. The van der Waals surface area contributed by atoms with Gasteiger partial charge >= 0.3 is 5.97 Å². The number of methoxy groups -OCH3 is 1. The van der Waals surface area contributed by atoms with E-state index in [0.717, 1.165) is 7.11 Å². The Kier molecular flexibility index (Phi) is 6.40. The van der Waals surface area contributed by atoms with Crippen LogP contribution in [0.1, 0.15) is 10.4 Å². The average Bonchev–Trinajstić information content (AvgIpc) is 2.43. The van der Waals surface area contributed by atoms with Crippen LogP contribution in [-0.4, -0.2) is 42.5 Å². The molecule has 2 N–H and O–H groups in total. The summed E-state index contributed by atoms with van der Waals surface area (Å²) in [7, 11) is 1.10. The van der Waals surface area contributed by atoms with E-state index in [1.807, 2.05) is 0 Å². The van der Waals surface area contributed by atoms with Crippen LogP contribution in [0, 0.1) is 0 Å². The van der Waals surface area contributed by atoms with Crippen molar-refractivity contribution in [3.8, 4) is 0 Å². The van der Waals surface area contributed by atoms with Gasteiger partial charge in [-0.1, -0.05) is 23.9 Å². The summed E-state index contributed by atoms with van der Waals surface area (Å²) in [6, 6.07) is 5.83. The molecule has 0 heterocycles. The fourth-order valence-electron chi connectivity index (χ4n) is 1.36. The third-order valence-electron chi connectivity index (χ3n) is 2.28. The van der Waals surface area contributed by atoms with Gasteiger partial charge in [-0.25, -0.2) is 4.79 Å². The maximum absolute atomic E-state index is 12.4. The first-order valence-corrected chi connectivity index (χ1v) is 6.41. The monoisotopic (exact) mass is 305 g/mol. The van der Waals surface area contributed by atoms with Crippen molar-refractivity contribution >= 4 is 23.6 Å². The lowest BCUT2D eigenvalue weighted by Gasteiger charge is -2.11. The van der Waals surface area contributed by atoms with Crippen molar-refractivity contribution in [1.82, 2.24) is 5.32 Å². The quantitative estimate of drug-likeness (QED) is 0.611. The number of esters is 1. The van der Waals surface area contributed by atoms with Crippen LogP contribution in [0.25, 0.3) is 0 Å². The molecule has 1 amide bonds. The van der Waals surface area contributed by atoms with Crippen molar-refractivity contribution in [3.63, 3.8) is 0 Å². The first-order valence-electron chi connectivity index (χ1n) is 5.53. The number of ether oxygens (including phenoxy) is 1. The normalized spacial score (nSPS) is 12.1. The number of carbonyl (C=O) groups excluding carboxylic acids is 2. The Morgan fingerprint density at radius 1 is 1.40 bits per heavy atom. The number of benzene rings is 1. The van der Waals surface area contributed by atoms with Crippen LogP contribution in [0.3, 0.4) is 0 Å². The van der Waals surface area contributed by atoms with Crippen LogP contribution in [0.2, 0.25) is 0 Å². The van der Waals surface area contributed by atoms with Crippen LogP contribution in [0.4, 0.5) is 8.78 Å². The van der Waals surface area contributed by atoms with Gasteiger partial charge in [-0.05, 0) is 12.1 Å². The highest BCUT2D eigenvalue weighted by molar-refractivity contribution is 7.99. The van der Waals surface area contributed by atoms with Gasteiger partial charge in [0, 0.05) is 4.90 Å². The highest BCUT2D eigenvalue weighted by atomic mass is 32.2. The zero-order valence-electron chi connectivity index (χ0n) is 10.5. The van der Waals surface area contributed by atoms with E-state index in [1.165, 1.54) is 24.3 Å². The molecule has 1 unspecified atom stereocenters. The topological polar surface area (TPSA) is 75.6 Å². The van der Waals surface area contributed by atoms with E-state index in [4.69, 9.17) is 0 Å². The first kappa shape index (κ1) is 16.4. The Labute approximate surface area is 118 Å². The molecule has 8 heteroatoms. The van der Waals surface area contributed by atoms with Crippen LogP contribution in [0.15, 0.2) is 29.2 Å². The van der Waals surface area contributed by atoms with Crippen LogP contribution in [0.5, 0.6) is 0 Å². The van der Waals surface area contributed by atoms with Gasteiger partial charge in [0.05, 0.1) is 19.2 Å². The summed E-state index contributed by atoms with van der Waals surface area (Å²) < 4.78 is 29.0. The van der Waals surface area contributed by atoms with Gasteiger partial charge in [-0.15, -0.1) is 0 Å². The van der Waals surface area contributed by atoms with Crippen molar-refractivity contribution in [1.29, 1.82) is 0 Å². The number of alkyl halides is 2. The van der Waals surface area contributed by atoms with Crippen molar-refractivity contribution in [2.45, 2.75) is 16.8 Å². The highest BCUT2D eigenvalue weighted by Crippen LogP contribution is 2.28. The summed E-state index contributed by atoms with van der Waals surface area (Å²) in [5, 5.41) is 11.6. The summed E-state index contributed by atoms with van der Waals surface area (Å²) in [5.41, 5.74) is 0.0508. The molecular formula is C12H13F2NO4S. The summed E-state index contributed by atoms with van der Waals surface area (Å²) in [6.45, 7) is -0.362. The molecule has 0 saturated heterocycles. The molecule has 0 saturated carbocycles. The molecule has 0 radical (unpaired) electrons. The second-order valence-corrected chi connectivity index (χ2v) is 4.66. The van der Waals surface area contributed by atoms with Gasteiger partial charge in [0.2, 0.25) is 0 Å². The molecule has 5 nitrogen and oxygen atoms in total. The minimum Gasteiger partial charge on any atom is -0.467 e. The van der Waals surface area contributed by atoms with Crippen molar-refractivity contribution in [2.75, 3.05) is 13.7 Å². The van der Waals surface area contributed by atoms with Gasteiger partial charge in [0.15, 0.2) is 6.10 Å². The lowest BCUT2D eigenvalue weighted by atomic mass is 10.2. The summed E-state index contributed by atoms with van der Waals surface area (Å²) in [5.74, 6) is -4.19. The van der Waals surface area contributed by atoms with Gasteiger partial charge in [0.1, 0.15) is 0 Å². The fourth-order valence-corrected chi connectivity index (χ4v) is 1.99. The number of nitrogens with one attached hydrogen (secondary N) is 1. The zero-order valence-corrected chi connectivity index (χ0v) is 11.3. The predicted octanol–water partition coefficient (Wildman–Crippen LogP) is 1.26. The predicted molar refractivity (Wildman–Crippen MR) is 68.7 cm³/mol. The summed E-state index contributed by atoms with van der Waals surface area (Å²) in [6.07, 6.45) is -1.50. The van der Waals surface area contributed by atoms with Crippen LogP contribution < -0.4 is 5.32 Å². The number of amides is 1. The Hall–Kier alpha value is -1.67. The summed E-state index contributed by atoms with van der Waals surface area (Å²) >= 11 is 0.250. The third-order valence-corrected chi connectivity index (χ3v) is 3.07. The van der Waals surface area contributed by atoms with E-state index in [1.54, 1.807) is 0 Å². The second-order valence-electron chi connectivity index (χ2n) is 3.62. The molecule has 0 aliphatic carbocycles. The molecule has 1 rings (SSSR count). The van der Waals surface area contributed by atoms with Gasteiger partial charge in [0.25, 0.3) is 11.7 Å². The number of aliphatic hydroxyl groups excluding tert-OH is 1. The second kappa shape index (κ2) is 7.81. The molecule has 0 fully saturated rings. The van der Waals surface area contributed by atoms with Crippen molar-refractivity contribution < 1.29 is 28.2 Å². The molecular weight excluding hydrogens is 292 g/mol. The molecule has 1 atom stereocenters. The Bertz CT molecular complexity index is 484. The van der Waals surface area contributed by atoms with Crippen molar-refractivity contribution in [2.24, 2.45) is 0 Å². The van der Waals surface area contributed by atoms with Gasteiger partial charge in [-0.2, -0.15) is 8.78 Å². The van der Waals surface area contributed by atoms with Crippen LogP contribution >= 0.6 is 11.8 Å². The largest absolute Gasteiger partial charge is 0.467 e. The Morgan fingerprint density at radius 2 is 2.05 bits per heavy atom. The fraction of sp³-hybridized carbons (Fsp3) is 0.333. The van der Waals surface area contributed by atoms with E-state index in [9.17, 15) is 23.5 Å². The number of hydrogen-bond donors (Lipinski definition) is 2. The number of halogens is 2. The Morgan fingerprint density at radius 3 is 2.65 bits per heavy atom. The van der Waals surface area contributed by atoms with E-state index in [-0.39, 0.29) is 28.8 Å². The van der Waals surface area contributed by atoms with Crippen LogP contribution in [-0.2, 0) is 9.53 Å². The van der Waals surface area contributed by atoms with Gasteiger partial charge < -0.3 is 15.2 Å². The van der Waals surface area contributed by atoms with Gasteiger partial charge in [-0.3, -0.25) is 4.79 Å². The maximum atomic E-state index is 12.4. The van der Waals surface area contributed by atoms with E-state index >= 15 is 0 Å². The number of aliphatic hydroxyl groups is 1. The molecule has 0 aliphatic heterocycles. The third kappa shape index (κ3) is 4.78. The molecule has 20 heavy (non-hydrogen) atoms. The van der Waals surface area contributed by atoms with Crippen molar-refractivity contribution in [3.05, 3.63) is 29.8 Å². The minimum atomic E-state index is -2.65. The Balaban J connectivity index is 2.70. The SMILES string of the molecule is COC(=O)C(O)CNC(=O)c1ccccc1SC(F)F. The number of hydrogen-bond acceptors (Lipinski definition) is 5. The molecule has 110 valence electrons. The zero-order chi connectivity index (χ0) is 15.1. The van der Waals surface area contributed by atoms with E-state index < -0.39 is 23.7 Å².